The number of nitrogens with zero attached hydrogens (tertiary/aromatic N) is 1. The first-order valence-corrected chi connectivity index (χ1v) is 9.51. The van der Waals surface area contributed by atoms with Crippen molar-refractivity contribution in [3.63, 3.8) is 0 Å². The Labute approximate surface area is 138 Å². The number of Topliss-reactive ketones (excluding diaryl/α,β-unsaturated/α-hetero) is 1. The lowest BCUT2D eigenvalue weighted by Crippen LogP contribution is -2.25. The molecule has 0 bridgehead atoms. The number of thioether (sulfide) groups is 1. The molecule has 1 unspecified atom stereocenters. The van der Waals surface area contributed by atoms with Gasteiger partial charge in [0.05, 0.1) is 11.3 Å². The van der Waals surface area contributed by atoms with Crippen LogP contribution in [0, 0.1) is 5.92 Å². The van der Waals surface area contributed by atoms with E-state index >= 15 is 0 Å². The molecule has 0 heterocycles. The second-order valence-corrected chi connectivity index (χ2v) is 6.96. The Balaban J connectivity index is 2.72. The van der Waals surface area contributed by atoms with E-state index in [9.17, 15) is 9.90 Å². The van der Waals surface area contributed by atoms with Crippen molar-refractivity contribution in [3.05, 3.63) is 11.3 Å². The number of allylic oxidation sites excluding steroid dienone is 2. The standard InChI is InChI=1S/C17H29NO3S/c1-4-8-14(18-21-5-2)17-15(19)11-13(12-16(17)20)9-7-10-22-6-3/h13,19H,4-12H2,1-3H3. The fourth-order valence-electron chi connectivity index (χ4n) is 2.72. The van der Waals surface area contributed by atoms with E-state index in [1.165, 1.54) is 0 Å². The number of hydrogen-bond donors (Lipinski definition) is 1. The Bertz CT molecular complexity index is 418. The molecule has 0 aromatic carbocycles. The van der Waals surface area contributed by atoms with E-state index in [1.807, 2.05) is 25.6 Å². The van der Waals surface area contributed by atoms with Gasteiger partial charge < -0.3 is 9.94 Å². The van der Waals surface area contributed by atoms with Gasteiger partial charge in [-0.15, -0.1) is 0 Å². The van der Waals surface area contributed by atoms with Crippen molar-refractivity contribution in [2.75, 3.05) is 18.1 Å². The van der Waals surface area contributed by atoms with E-state index < -0.39 is 0 Å². The summed E-state index contributed by atoms with van der Waals surface area (Å²) < 4.78 is 0. The molecule has 0 saturated heterocycles. The molecule has 0 saturated carbocycles. The Hall–Kier alpha value is -0.970. The monoisotopic (exact) mass is 327 g/mol. The van der Waals surface area contributed by atoms with E-state index in [0.29, 0.717) is 37.2 Å². The summed E-state index contributed by atoms with van der Waals surface area (Å²) in [6.45, 7) is 6.50. The van der Waals surface area contributed by atoms with Crippen molar-refractivity contribution < 1.29 is 14.7 Å². The van der Waals surface area contributed by atoms with Crippen LogP contribution >= 0.6 is 11.8 Å². The first-order valence-electron chi connectivity index (χ1n) is 8.36. The lowest BCUT2D eigenvalue weighted by atomic mass is 9.82. The highest BCUT2D eigenvalue weighted by molar-refractivity contribution is 7.99. The lowest BCUT2D eigenvalue weighted by molar-refractivity contribution is -0.116. The minimum absolute atomic E-state index is 0.0174. The molecule has 5 heteroatoms. The second-order valence-electron chi connectivity index (χ2n) is 5.56. The average Bonchev–Trinajstić information content (AvgIpc) is 2.48. The van der Waals surface area contributed by atoms with E-state index in [1.54, 1.807) is 0 Å². The quantitative estimate of drug-likeness (QED) is 0.364. The summed E-state index contributed by atoms with van der Waals surface area (Å²) in [5.74, 6) is 2.75. The van der Waals surface area contributed by atoms with Crippen LogP contribution in [-0.4, -0.2) is 34.7 Å². The summed E-state index contributed by atoms with van der Waals surface area (Å²) >= 11 is 1.92. The number of carbonyl (C=O) groups excluding carboxylic acids is 1. The molecule has 0 aromatic rings. The van der Waals surface area contributed by atoms with Crippen LogP contribution in [0.2, 0.25) is 0 Å². The van der Waals surface area contributed by atoms with Gasteiger partial charge in [-0.2, -0.15) is 11.8 Å². The predicted molar refractivity (Wildman–Crippen MR) is 93.6 cm³/mol. The van der Waals surface area contributed by atoms with Crippen LogP contribution < -0.4 is 0 Å². The maximum atomic E-state index is 12.4. The largest absolute Gasteiger partial charge is 0.511 e. The predicted octanol–water partition coefficient (Wildman–Crippen LogP) is 4.50. The number of ketones is 1. The number of hydrogen-bond acceptors (Lipinski definition) is 5. The topological polar surface area (TPSA) is 58.9 Å². The van der Waals surface area contributed by atoms with Crippen LogP contribution in [0.5, 0.6) is 0 Å². The Kier molecular flexibility index (Phi) is 9.28. The molecule has 1 N–H and O–H groups in total. The number of oxime groups is 1. The third-order valence-corrected chi connectivity index (χ3v) is 4.69. The van der Waals surface area contributed by atoms with Crippen LogP contribution in [0.1, 0.15) is 59.3 Å². The van der Waals surface area contributed by atoms with Gasteiger partial charge in [-0.3, -0.25) is 4.79 Å². The summed E-state index contributed by atoms with van der Waals surface area (Å²) in [7, 11) is 0. The van der Waals surface area contributed by atoms with Crippen molar-refractivity contribution in [3.8, 4) is 0 Å². The van der Waals surface area contributed by atoms with Crippen molar-refractivity contribution >= 4 is 23.3 Å². The van der Waals surface area contributed by atoms with Crippen molar-refractivity contribution in [2.24, 2.45) is 11.1 Å². The summed E-state index contributed by atoms with van der Waals surface area (Å²) in [6, 6.07) is 0. The number of carbonyl (C=O) groups is 1. The Morgan fingerprint density at radius 2 is 2.14 bits per heavy atom. The van der Waals surface area contributed by atoms with Crippen molar-refractivity contribution in [1.29, 1.82) is 0 Å². The highest BCUT2D eigenvalue weighted by Crippen LogP contribution is 2.30. The SMILES string of the molecule is CCCC(=NOCC)C1=C(O)CC(CCCSCC)CC1=O. The Morgan fingerprint density at radius 1 is 1.36 bits per heavy atom. The molecule has 22 heavy (non-hydrogen) atoms. The molecule has 0 fully saturated rings. The third kappa shape index (κ3) is 6.03. The molecule has 1 rings (SSSR count). The second kappa shape index (κ2) is 10.7. The van der Waals surface area contributed by atoms with Gasteiger partial charge in [-0.1, -0.05) is 25.4 Å². The maximum absolute atomic E-state index is 12.4. The molecule has 1 atom stereocenters. The van der Waals surface area contributed by atoms with Gasteiger partial charge in [0.1, 0.15) is 12.4 Å². The van der Waals surface area contributed by atoms with Crippen molar-refractivity contribution in [1.82, 2.24) is 0 Å². The number of rotatable bonds is 10. The van der Waals surface area contributed by atoms with E-state index in [2.05, 4.69) is 12.1 Å². The fraction of sp³-hybridized carbons (Fsp3) is 0.765. The first-order chi connectivity index (χ1) is 10.6. The zero-order valence-electron chi connectivity index (χ0n) is 14.1. The summed E-state index contributed by atoms with van der Waals surface area (Å²) in [4.78, 5) is 17.5. The molecule has 1 aliphatic rings. The smallest absolute Gasteiger partial charge is 0.168 e. The van der Waals surface area contributed by atoms with Crippen LogP contribution in [0.25, 0.3) is 0 Å². The molecule has 126 valence electrons. The van der Waals surface area contributed by atoms with Crippen LogP contribution in [0.15, 0.2) is 16.5 Å². The molecule has 0 radical (unpaired) electrons. The van der Waals surface area contributed by atoms with Gasteiger partial charge in [0.25, 0.3) is 0 Å². The van der Waals surface area contributed by atoms with E-state index in [-0.39, 0.29) is 17.5 Å². The van der Waals surface area contributed by atoms with Gasteiger partial charge >= 0.3 is 0 Å². The van der Waals surface area contributed by atoms with E-state index in [4.69, 9.17) is 4.84 Å². The normalized spacial score (nSPS) is 19.7. The Morgan fingerprint density at radius 3 is 2.73 bits per heavy atom. The molecular weight excluding hydrogens is 298 g/mol. The lowest BCUT2D eigenvalue weighted by Gasteiger charge is -2.24. The molecule has 4 nitrogen and oxygen atoms in total. The van der Waals surface area contributed by atoms with Gasteiger partial charge in [0.2, 0.25) is 0 Å². The molecule has 1 aliphatic carbocycles. The van der Waals surface area contributed by atoms with E-state index in [0.717, 1.165) is 30.8 Å². The zero-order chi connectivity index (χ0) is 16.4. The summed E-state index contributed by atoms with van der Waals surface area (Å²) in [6.07, 6.45) is 4.74. The average molecular weight is 327 g/mol. The molecule has 0 aromatic heterocycles. The molecule has 0 amide bonds. The number of aliphatic hydroxyl groups is 1. The zero-order valence-corrected chi connectivity index (χ0v) is 14.9. The van der Waals surface area contributed by atoms with Gasteiger partial charge in [-0.05, 0) is 43.6 Å². The fourth-order valence-corrected chi connectivity index (χ4v) is 3.38. The highest BCUT2D eigenvalue weighted by Gasteiger charge is 2.30. The third-order valence-electron chi connectivity index (χ3n) is 3.71. The van der Waals surface area contributed by atoms with Crippen LogP contribution in [0.4, 0.5) is 0 Å². The highest BCUT2D eigenvalue weighted by atomic mass is 32.2. The van der Waals surface area contributed by atoms with Crippen LogP contribution in [0.3, 0.4) is 0 Å². The molecule has 0 spiro atoms. The molecule has 0 aliphatic heterocycles. The van der Waals surface area contributed by atoms with Gasteiger partial charge in [0, 0.05) is 12.8 Å². The minimum Gasteiger partial charge on any atom is -0.511 e. The minimum atomic E-state index is 0.0174. The summed E-state index contributed by atoms with van der Waals surface area (Å²) in [5, 5.41) is 14.4. The van der Waals surface area contributed by atoms with Gasteiger partial charge in [-0.25, -0.2) is 0 Å². The van der Waals surface area contributed by atoms with Gasteiger partial charge in [0.15, 0.2) is 5.78 Å². The summed E-state index contributed by atoms with van der Waals surface area (Å²) in [5.41, 5.74) is 1.02. The maximum Gasteiger partial charge on any atom is 0.168 e. The molecular formula is C17H29NO3S. The number of aliphatic hydroxyl groups excluding tert-OH is 1. The van der Waals surface area contributed by atoms with Crippen LogP contribution in [-0.2, 0) is 9.63 Å². The van der Waals surface area contributed by atoms with Crippen molar-refractivity contribution in [2.45, 2.75) is 59.3 Å². The first kappa shape index (κ1) is 19.1.